The molecule has 1 aliphatic heterocycles. The van der Waals surface area contributed by atoms with Gasteiger partial charge >= 0.3 is 0 Å². The fraction of sp³-hybridized carbons (Fsp3) is 0.462. The first-order valence-electron chi connectivity index (χ1n) is 6.00. The largest absolute Gasteiger partial charge is 0.336 e. The molecule has 1 saturated heterocycles. The highest BCUT2D eigenvalue weighted by Crippen LogP contribution is 2.23. The van der Waals surface area contributed by atoms with E-state index in [0.717, 1.165) is 12.8 Å². The minimum Gasteiger partial charge on any atom is -0.336 e. The molecule has 1 amide bonds. The number of halogens is 2. The lowest BCUT2D eigenvalue weighted by Crippen LogP contribution is -2.48. The molecule has 2 N–H and O–H groups in total. The van der Waals surface area contributed by atoms with E-state index >= 15 is 0 Å². The summed E-state index contributed by atoms with van der Waals surface area (Å²) in [5.41, 5.74) is 6.25. The van der Waals surface area contributed by atoms with Crippen LogP contribution < -0.4 is 5.73 Å². The Morgan fingerprint density at radius 3 is 2.94 bits per heavy atom. The highest BCUT2D eigenvalue weighted by molar-refractivity contribution is 9.10. The molecule has 1 aliphatic rings. The zero-order valence-electron chi connectivity index (χ0n) is 10.2. The Morgan fingerprint density at radius 1 is 1.56 bits per heavy atom. The number of nitrogens with two attached hydrogens (primary N) is 1. The van der Waals surface area contributed by atoms with Crippen molar-refractivity contribution >= 4 is 21.8 Å². The monoisotopic (exact) mass is 314 g/mol. The fourth-order valence-corrected chi connectivity index (χ4v) is 2.74. The van der Waals surface area contributed by atoms with Gasteiger partial charge < -0.3 is 10.6 Å². The van der Waals surface area contributed by atoms with Crippen LogP contribution in [0, 0.1) is 5.82 Å². The normalized spacial score (nSPS) is 24.1. The molecule has 2 unspecified atom stereocenters. The van der Waals surface area contributed by atoms with Crippen molar-refractivity contribution in [3.8, 4) is 0 Å². The van der Waals surface area contributed by atoms with Crippen molar-refractivity contribution < 1.29 is 9.18 Å². The second-order valence-corrected chi connectivity index (χ2v) is 5.61. The van der Waals surface area contributed by atoms with E-state index in [1.807, 2.05) is 6.92 Å². The Hall–Kier alpha value is -0.940. The minimum absolute atomic E-state index is 0.0939. The Bertz CT molecular complexity index is 466. The second kappa shape index (κ2) is 5.36. The molecule has 0 spiro atoms. The van der Waals surface area contributed by atoms with Crippen molar-refractivity contribution in [1.82, 2.24) is 4.90 Å². The number of piperidine rings is 1. The number of rotatable bonds is 1. The number of hydrogen-bond acceptors (Lipinski definition) is 2. The molecule has 1 fully saturated rings. The maximum atomic E-state index is 13.2. The Morgan fingerprint density at radius 2 is 2.28 bits per heavy atom. The van der Waals surface area contributed by atoms with Crippen molar-refractivity contribution in [3.63, 3.8) is 0 Å². The molecule has 0 saturated carbocycles. The lowest BCUT2D eigenvalue weighted by atomic mass is 9.98. The standard InChI is InChI=1S/C13H16BrFN2O/c1-8-6-10(16)4-5-17(8)13(18)11-7-9(15)2-3-12(11)14/h2-3,7-8,10H,4-6,16H2,1H3. The van der Waals surface area contributed by atoms with Gasteiger partial charge in [0, 0.05) is 23.1 Å². The predicted molar refractivity (Wildman–Crippen MR) is 71.8 cm³/mol. The summed E-state index contributed by atoms with van der Waals surface area (Å²) in [6.07, 6.45) is 1.59. The number of carbonyl (C=O) groups is 1. The molecule has 1 heterocycles. The summed E-state index contributed by atoms with van der Waals surface area (Å²) in [6, 6.07) is 4.41. The van der Waals surface area contributed by atoms with E-state index in [2.05, 4.69) is 15.9 Å². The molecule has 1 aromatic rings. The maximum Gasteiger partial charge on any atom is 0.255 e. The van der Waals surface area contributed by atoms with Crippen LogP contribution in [0.25, 0.3) is 0 Å². The van der Waals surface area contributed by atoms with Crippen LogP contribution in [0.5, 0.6) is 0 Å². The lowest BCUT2D eigenvalue weighted by molar-refractivity contribution is 0.0617. The van der Waals surface area contributed by atoms with Crippen LogP contribution in [0.2, 0.25) is 0 Å². The molecule has 0 bridgehead atoms. The lowest BCUT2D eigenvalue weighted by Gasteiger charge is -2.36. The van der Waals surface area contributed by atoms with Gasteiger partial charge in [-0.3, -0.25) is 4.79 Å². The summed E-state index contributed by atoms with van der Waals surface area (Å²) in [6.45, 7) is 2.61. The molecule has 3 nitrogen and oxygen atoms in total. The van der Waals surface area contributed by atoms with Crippen LogP contribution in [0.1, 0.15) is 30.1 Å². The van der Waals surface area contributed by atoms with Crippen molar-refractivity contribution in [3.05, 3.63) is 34.1 Å². The molecule has 2 atom stereocenters. The van der Waals surface area contributed by atoms with Gasteiger partial charge in [0.2, 0.25) is 0 Å². The number of benzene rings is 1. The summed E-state index contributed by atoms with van der Waals surface area (Å²) in [5.74, 6) is -0.538. The zero-order valence-corrected chi connectivity index (χ0v) is 11.8. The van der Waals surface area contributed by atoms with E-state index in [1.165, 1.54) is 12.1 Å². The molecular formula is C13H16BrFN2O. The average Bonchev–Trinajstić information content (AvgIpc) is 2.31. The van der Waals surface area contributed by atoms with E-state index in [9.17, 15) is 9.18 Å². The first-order valence-corrected chi connectivity index (χ1v) is 6.80. The van der Waals surface area contributed by atoms with Gasteiger partial charge in [0.1, 0.15) is 5.82 Å². The Kier molecular flexibility index (Phi) is 4.02. The topological polar surface area (TPSA) is 46.3 Å². The molecule has 2 rings (SSSR count). The van der Waals surface area contributed by atoms with E-state index in [-0.39, 0.29) is 18.0 Å². The molecule has 98 valence electrons. The van der Waals surface area contributed by atoms with Gasteiger partial charge in [-0.2, -0.15) is 0 Å². The highest BCUT2D eigenvalue weighted by atomic mass is 79.9. The smallest absolute Gasteiger partial charge is 0.255 e. The molecule has 0 radical (unpaired) electrons. The van der Waals surface area contributed by atoms with Crippen molar-refractivity contribution in [2.45, 2.75) is 31.8 Å². The van der Waals surface area contributed by atoms with Gasteiger partial charge in [-0.25, -0.2) is 4.39 Å². The Labute approximate surface area is 114 Å². The quantitative estimate of drug-likeness (QED) is 0.866. The SMILES string of the molecule is CC1CC(N)CCN1C(=O)c1cc(F)ccc1Br. The minimum atomic E-state index is -0.400. The first kappa shape index (κ1) is 13.5. The van der Waals surface area contributed by atoms with E-state index in [4.69, 9.17) is 5.73 Å². The summed E-state index contributed by atoms with van der Waals surface area (Å²) < 4.78 is 13.8. The van der Waals surface area contributed by atoms with Gasteiger partial charge in [-0.05, 0) is 53.9 Å². The van der Waals surface area contributed by atoms with Crippen LogP contribution in [0.15, 0.2) is 22.7 Å². The molecule has 0 aromatic heterocycles. The van der Waals surface area contributed by atoms with Gasteiger partial charge in [0.05, 0.1) is 5.56 Å². The van der Waals surface area contributed by atoms with Gasteiger partial charge in [0.25, 0.3) is 5.91 Å². The number of amides is 1. The van der Waals surface area contributed by atoms with Crippen molar-refractivity contribution in [2.75, 3.05) is 6.54 Å². The summed E-state index contributed by atoms with van der Waals surface area (Å²) in [7, 11) is 0. The van der Waals surface area contributed by atoms with Crippen molar-refractivity contribution in [1.29, 1.82) is 0 Å². The number of nitrogens with zero attached hydrogens (tertiary/aromatic N) is 1. The number of likely N-dealkylation sites (tertiary alicyclic amines) is 1. The zero-order chi connectivity index (χ0) is 13.3. The van der Waals surface area contributed by atoms with E-state index in [1.54, 1.807) is 11.0 Å². The number of carbonyl (C=O) groups excluding carboxylic acids is 1. The molecule has 18 heavy (non-hydrogen) atoms. The van der Waals surface area contributed by atoms with Crippen LogP contribution in [0.4, 0.5) is 4.39 Å². The predicted octanol–water partition coefficient (Wildman–Crippen LogP) is 2.54. The Balaban J connectivity index is 2.23. The summed E-state index contributed by atoms with van der Waals surface area (Å²) in [5, 5.41) is 0. The third-order valence-corrected chi connectivity index (χ3v) is 4.03. The van der Waals surface area contributed by atoms with Gasteiger partial charge in [-0.15, -0.1) is 0 Å². The van der Waals surface area contributed by atoms with Crippen LogP contribution in [-0.4, -0.2) is 29.4 Å². The van der Waals surface area contributed by atoms with Crippen LogP contribution in [0.3, 0.4) is 0 Å². The highest BCUT2D eigenvalue weighted by Gasteiger charge is 2.28. The van der Waals surface area contributed by atoms with Gasteiger partial charge in [-0.1, -0.05) is 0 Å². The number of hydrogen-bond donors (Lipinski definition) is 1. The molecule has 1 aromatic carbocycles. The average molecular weight is 315 g/mol. The van der Waals surface area contributed by atoms with Crippen LogP contribution in [-0.2, 0) is 0 Å². The molecule has 5 heteroatoms. The van der Waals surface area contributed by atoms with Crippen molar-refractivity contribution in [2.24, 2.45) is 5.73 Å². The first-order chi connectivity index (χ1) is 8.49. The summed E-state index contributed by atoms with van der Waals surface area (Å²) >= 11 is 3.29. The van der Waals surface area contributed by atoms with Gasteiger partial charge in [0.15, 0.2) is 0 Å². The molecule has 0 aliphatic carbocycles. The maximum absolute atomic E-state index is 13.2. The molecular weight excluding hydrogens is 299 g/mol. The van der Waals surface area contributed by atoms with E-state index in [0.29, 0.717) is 16.6 Å². The summed E-state index contributed by atoms with van der Waals surface area (Å²) in [4.78, 5) is 14.1. The third kappa shape index (κ3) is 2.72. The van der Waals surface area contributed by atoms with Crippen LogP contribution >= 0.6 is 15.9 Å². The van der Waals surface area contributed by atoms with E-state index < -0.39 is 5.82 Å². The fourth-order valence-electron chi connectivity index (χ4n) is 2.33. The third-order valence-electron chi connectivity index (χ3n) is 3.34. The second-order valence-electron chi connectivity index (χ2n) is 4.76.